The lowest BCUT2D eigenvalue weighted by molar-refractivity contribution is 0.380. The molecule has 0 radical (unpaired) electrons. The smallest absolute Gasteiger partial charge is 0.126 e. The van der Waals surface area contributed by atoms with Gasteiger partial charge in [-0.3, -0.25) is 4.67 Å². The Hall–Kier alpha value is -3.10. The van der Waals surface area contributed by atoms with Crippen LogP contribution in [0.3, 0.4) is 0 Å². The number of rotatable bonds is 8. The maximum absolute atomic E-state index is 14.4. The Bertz CT molecular complexity index is 1380. The lowest BCUT2D eigenvalue weighted by Gasteiger charge is -2.38. The maximum Gasteiger partial charge on any atom is 0.126 e. The molecule has 0 N–H and O–H groups in total. The lowest BCUT2D eigenvalue weighted by atomic mass is 10.0. The topological polar surface area (TPSA) is 3.24 Å². The van der Waals surface area contributed by atoms with Crippen molar-refractivity contribution < 1.29 is 17.6 Å². The fourth-order valence-corrected chi connectivity index (χ4v) is 10.2. The van der Waals surface area contributed by atoms with Gasteiger partial charge >= 0.3 is 0 Å². The van der Waals surface area contributed by atoms with E-state index in [0.29, 0.717) is 10.6 Å². The van der Waals surface area contributed by atoms with Crippen molar-refractivity contribution in [2.45, 2.75) is 13.0 Å². The molecule has 39 heavy (non-hydrogen) atoms. The Morgan fingerprint density at radius 2 is 1.08 bits per heavy atom. The van der Waals surface area contributed by atoms with Crippen LogP contribution in [0.2, 0.25) is 0 Å². The van der Waals surface area contributed by atoms with Crippen molar-refractivity contribution in [2.75, 3.05) is 7.05 Å². The van der Waals surface area contributed by atoms with E-state index in [0.717, 1.165) is 12.1 Å². The maximum atomic E-state index is 14.4. The summed E-state index contributed by atoms with van der Waals surface area (Å²) in [4.78, 5) is 0. The van der Waals surface area contributed by atoms with E-state index in [-0.39, 0.29) is 12.0 Å². The number of benzene rings is 4. The van der Waals surface area contributed by atoms with Crippen LogP contribution < -0.4 is 21.2 Å². The van der Waals surface area contributed by atoms with E-state index in [2.05, 4.69) is 49.4 Å². The van der Waals surface area contributed by atoms with Gasteiger partial charge < -0.3 is 0 Å². The van der Waals surface area contributed by atoms with Crippen molar-refractivity contribution in [1.29, 1.82) is 0 Å². The van der Waals surface area contributed by atoms with E-state index in [9.17, 15) is 17.6 Å². The van der Waals surface area contributed by atoms with Crippen LogP contribution in [0, 0.1) is 29.2 Å². The molecule has 1 aliphatic rings. The zero-order valence-electron chi connectivity index (χ0n) is 21.5. The van der Waals surface area contributed by atoms with E-state index in [1.54, 1.807) is 0 Å². The van der Waals surface area contributed by atoms with Crippen LogP contribution in [-0.4, -0.2) is 17.8 Å². The second-order valence-corrected chi connectivity index (χ2v) is 13.9. The van der Waals surface area contributed by atoms with E-state index >= 15 is 0 Å². The number of allylic oxidation sites excluding steroid dienone is 2. The van der Waals surface area contributed by atoms with Crippen LogP contribution in [0.5, 0.6) is 0 Å². The van der Waals surface area contributed by atoms with Crippen LogP contribution in [0.25, 0.3) is 0 Å². The van der Waals surface area contributed by atoms with Crippen LogP contribution in [0.1, 0.15) is 6.92 Å². The Morgan fingerprint density at radius 3 is 1.51 bits per heavy atom. The molecule has 1 aliphatic carbocycles. The summed E-state index contributed by atoms with van der Waals surface area (Å²) >= 11 is 0. The molecule has 198 valence electrons. The van der Waals surface area contributed by atoms with Gasteiger partial charge in [-0.1, -0.05) is 78.9 Å². The van der Waals surface area contributed by atoms with Gasteiger partial charge in [-0.15, -0.1) is 0 Å². The summed E-state index contributed by atoms with van der Waals surface area (Å²) in [5.74, 6) is -2.94. The zero-order valence-corrected chi connectivity index (χ0v) is 23.3. The van der Waals surface area contributed by atoms with E-state index in [4.69, 9.17) is 0 Å². The van der Waals surface area contributed by atoms with Gasteiger partial charge in [-0.05, 0) is 62.1 Å². The van der Waals surface area contributed by atoms with Crippen LogP contribution in [0.15, 0.2) is 121 Å². The summed E-state index contributed by atoms with van der Waals surface area (Å²) in [7, 11) is -0.657. The summed E-state index contributed by atoms with van der Waals surface area (Å²) < 4.78 is 59.4. The molecule has 0 bridgehead atoms. The number of nitrogens with zero attached hydrogens (tertiary/aromatic N) is 1. The van der Waals surface area contributed by atoms with Gasteiger partial charge in [0.05, 0.1) is 0 Å². The summed E-state index contributed by atoms with van der Waals surface area (Å²) in [5, 5.41) is 4.38. The Kier molecular flexibility index (Phi) is 8.43. The van der Waals surface area contributed by atoms with Crippen molar-refractivity contribution in [3.63, 3.8) is 0 Å². The second-order valence-electron chi connectivity index (χ2n) is 9.39. The van der Waals surface area contributed by atoms with E-state index < -0.39 is 39.3 Å². The molecule has 4 aromatic carbocycles. The molecule has 0 aliphatic heterocycles. The van der Waals surface area contributed by atoms with Gasteiger partial charge in [-0.2, -0.15) is 0 Å². The first kappa shape index (κ1) is 27.5. The quantitative estimate of drug-likeness (QED) is 0.163. The van der Waals surface area contributed by atoms with Crippen LogP contribution in [-0.2, 0) is 0 Å². The molecule has 5 rings (SSSR count). The zero-order chi connectivity index (χ0) is 27.5. The highest BCUT2D eigenvalue weighted by atomic mass is 31.1. The van der Waals surface area contributed by atoms with Crippen molar-refractivity contribution in [3.8, 4) is 0 Å². The van der Waals surface area contributed by atoms with Gasteiger partial charge in [0.25, 0.3) is 0 Å². The molecule has 0 heterocycles. The van der Waals surface area contributed by atoms with Gasteiger partial charge in [0.2, 0.25) is 0 Å². The predicted octanol–water partition coefficient (Wildman–Crippen LogP) is 7.11. The molecule has 4 aromatic rings. The molecular weight excluding hydrogens is 536 g/mol. The highest BCUT2D eigenvalue weighted by molar-refractivity contribution is 7.76. The second kappa shape index (κ2) is 12.0. The Labute approximate surface area is 229 Å². The van der Waals surface area contributed by atoms with Crippen molar-refractivity contribution >= 4 is 37.2 Å². The molecule has 1 unspecified atom stereocenters. The highest BCUT2D eigenvalue weighted by Crippen LogP contribution is 2.52. The minimum atomic E-state index is -1.66. The molecular formula is C32H27F4NP2. The SMILES string of the molecule is C[C@H](C1C=CC=C1P(c1ccccc1)c1ccccc1)N(C)P(c1cc(F)cc(F)c1)c1cc(F)cc(F)c1. The third kappa shape index (κ3) is 6.07. The first-order valence-corrected chi connectivity index (χ1v) is 15.2. The molecule has 0 spiro atoms. The molecule has 7 heteroatoms. The minimum absolute atomic E-state index is 0.0247. The molecule has 0 saturated heterocycles. The van der Waals surface area contributed by atoms with Gasteiger partial charge in [0.1, 0.15) is 23.3 Å². The van der Waals surface area contributed by atoms with E-state index in [1.165, 1.54) is 40.2 Å². The number of halogens is 4. The van der Waals surface area contributed by atoms with Crippen molar-refractivity contribution in [3.05, 3.63) is 144 Å². The average Bonchev–Trinajstić information content (AvgIpc) is 3.38. The summed E-state index contributed by atoms with van der Waals surface area (Å²) in [6.45, 7) is 2.05. The summed E-state index contributed by atoms with van der Waals surface area (Å²) in [6, 6.07) is 27.2. The Morgan fingerprint density at radius 1 is 0.641 bits per heavy atom. The molecule has 0 amide bonds. The van der Waals surface area contributed by atoms with Crippen LogP contribution >= 0.6 is 16.0 Å². The van der Waals surface area contributed by atoms with Gasteiger partial charge in [0.15, 0.2) is 0 Å². The predicted molar refractivity (Wildman–Crippen MR) is 156 cm³/mol. The monoisotopic (exact) mass is 563 g/mol. The molecule has 0 aromatic heterocycles. The minimum Gasteiger partial charge on any atom is -0.274 e. The largest absolute Gasteiger partial charge is 0.274 e. The molecule has 0 fully saturated rings. The number of hydrogen-bond donors (Lipinski definition) is 0. The third-order valence-electron chi connectivity index (χ3n) is 6.82. The molecule has 0 saturated carbocycles. The van der Waals surface area contributed by atoms with Gasteiger partial charge in [0, 0.05) is 42.8 Å². The standard InChI is InChI=1S/C32H27F4NP2/c1-22(31-14-9-15-32(31)38(27-10-5-3-6-11-27)28-12-7-4-8-13-28)37(2)39(29-18-23(33)16-24(34)19-29)30-20-25(35)17-26(36)21-30/h3-22,31H,1-2H3/t22-,31?/m1/s1. The average molecular weight is 564 g/mol. The number of hydrogen-bond acceptors (Lipinski definition) is 1. The van der Waals surface area contributed by atoms with E-state index in [1.807, 2.05) is 48.1 Å². The highest BCUT2D eigenvalue weighted by Gasteiger charge is 2.35. The fourth-order valence-electron chi connectivity index (χ4n) is 4.97. The molecule has 2 atom stereocenters. The third-order valence-corrected chi connectivity index (χ3v) is 11.9. The summed E-state index contributed by atoms with van der Waals surface area (Å²) in [6.07, 6.45) is 6.35. The molecule has 1 nitrogen and oxygen atoms in total. The summed E-state index contributed by atoms with van der Waals surface area (Å²) in [5.41, 5.74) is 0. The normalized spacial score (nSPS) is 15.8. The fraction of sp³-hybridized carbons (Fsp3) is 0.125. The van der Waals surface area contributed by atoms with Crippen LogP contribution in [0.4, 0.5) is 17.6 Å². The van der Waals surface area contributed by atoms with Crippen molar-refractivity contribution in [2.24, 2.45) is 5.92 Å². The van der Waals surface area contributed by atoms with Crippen molar-refractivity contribution in [1.82, 2.24) is 4.67 Å². The first-order chi connectivity index (χ1) is 18.8. The first-order valence-electron chi connectivity index (χ1n) is 12.6. The Balaban J connectivity index is 1.56. The van der Waals surface area contributed by atoms with Gasteiger partial charge in [-0.25, -0.2) is 17.6 Å². The lowest BCUT2D eigenvalue weighted by Crippen LogP contribution is -2.37.